The standard InChI is InChI=1S/C13H20N4O2S.ClH/c1-3-13(4-2,9-14)17-20(18,19)11-8-16-12-10(11)6-5-7-15-12;/h5-8,17H,3-4,9,14H2,1-2H3,(H,15,16);1H. The summed E-state index contributed by atoms with van der Waals surface area (Å²) >= 11 is 0. The molecule has 2 aromatic heterocycles. The summed E-state index contributed by atoms with van der Waals surface area (Å²) in [6, 6.07) is 3.44. The SMILES string of the molecule is CCC(CC)(CN)NS(=O)(=O)c1c[nH]c2ncccc12.Cl. The molecule has 2 rings (SSSR count). The lowest BCUT2D eigenvalue weighted by Crippen LogP contribution is -2.52. The second kappa shape index (κ2) is 6.74. The van der Waals surface area contributed by atoms with Gasteiger partial charge in [-0.3, -0.25) is 0 Å². The number of nitrogens with zero attached hydrogens (tertiary/aromatic N) is 1. The predicted molar refractivity (Wildman–Crippen MR) is 86.0 cm³/mol. The number of sulfonamides is 1. The van der Waals surface area contributed by atoms with Crippen molar-refractivity contribution in [3.05, 3.63) is 24.5 Å². The summed E-state index contributed by atoms with van der Waals surface area (Å²) in [6.45, 7) is 4.12. The Balaban J connectivity index is 0.00000220. The number of H-pyrrole nitrogens is 1. The highest BCUT2D eigenvalue weighted by Gasteiger charge is 2.32. The second-order valence-electron chi connectivity index (χ2n) is 4.85. The van der Waals surface area contributed by atoms with Crippen LogP contribution >= 0.6 is 12.4 Å². The van der Waals surface area contributed by atoms with Crippen LogP contribution in [0.2, 0.25) is 0 Å². The fraction of sp³-hybridized carbons (Fsp3) is 0.462. The number of nitrogens with one attached hydrogen (secondary N) is 2. The first-order chi connectivity index (χ1) is 9.48. The molecular weight excluding hydrogens is 312 g/mol. The topological polar surface area (TPSA) is 101 Å². The number of pyridine rings is 1. The van der Waals surface area contributed by atoms with E-state index in [9.17, 15) is 8.42 Å². The molecule has 2 aromatic rings. The van der Waals surface area contributed by atoms with E-state index in [0.29, 0.717) is 23.9 Å². The number of halogens is 1. The Labute approximate surface area is 131 Å². The van der Waals surface area contributed by atoms with Crippen LogP contribution in [-0.2, 0) is 10.0 Å². The van der Waals surface area contributed by atoms with Crippen LogP contribution in [0, 0.1) is 0 Å². The van der Waals surface area contributed by atoms with Gasteiger partial charge in [0, 0.05) is 29.9 Å². The summed E-state index contributed by atoms with van der Waals surface area (Å²) in [5.74, 6) is 0. The summed E-state index contributed by atoms with van der Waals surface area (Å²) in [7, 11) is -3.64. The Morgan fingerprint density at radius 1 is 1.38 bits per heavy atom. The number of hydrogen-bond acceptors (Lipinski definition) is 4. The molecule has 0 aliphatic heterocycles. The van der Waals surface area contributed by atoms with E-state index in [0.717, 1.165) is 0 Å². The molecule has 0 saturated heterocycles. The highest BCUT2D eigenvalue weighted by Crippen LogP contribution is 2.24. The molecule has 0 saturated carbocycles. The van der Waals surface area contributed by atoms with Crippen LogP contribution in [-0.4, -0.2) is 30.5 Å². The van der Waals surface area contributed by atoms with E-state index in [-0.39, 0.29) is 23.8 Å². The molecule has 21 heavy (non-hydrogen) atoms. The number of fused-ring (bicyclic) bond motifs is 1. The first kappa shape index (κ1) is 17.9. The molecule has 0 aliphatic rings. The van der Waals surface area contributed by atoms with Crippen molar-refractivity contribution in [3.8, 4) is 0 Å². The normalized spacial score (nSPS) is 12.3. The molecule has 0 spiro atoms. The maximum Gasteiger partial charge on any atom is 0.243 e. The molecule has 0 aromatic carbocycles. The maximum absolute atomic E-state index is 12.6. The highest BCUT2D eigenvalue weighted by atomic mass is 35.5. The zero-order chi connectivity index (χ0) is 14.8. The molecule has 0 atom stereocenters. The third kappa shape index (κ3) is 3.37. The molecule has 118 valence electrons. The molecule has 8 heteroatoms. The van der Waals surface area contributed by atoms with Crippen molar-refractivity contribution in [1.82, 2.24) is 14.7 Å². The molecule has 0 unspecified atom stereocenters. The van der Waals surface area contributed by atoms with Gasteiger partial charge >= 0.3 is 0 Å². The molecule has 4 N–H and O–H groups in total. The summed E-state index contributed by atoms with van der Waals surface area (Å²) < 4.78 is 27.9. The summed E-state index contributed by atoms with van der Waals surface area (Å²) in [6.07, 6.45) is 4.36. The molecule has 0 fully saturated rings. The second-order valence-corrected chi connectivity index (χ2v) is 6.50. The zero-order valence-electron chi connectivity index (χ0n) is 12.1. The Hall–Kier alpha value is -1.15. The van der Waals surface area contributed by atoms with E-state index >= 15 is 0 Å². The maximum atomic E-state index is 12.6. The van der Waals surface area contributed by atoms with Crippen molar-refractivity contribution in [1.29, 1.82) is 0 Å². The van der Waals surface area contributed by atoms with Gasteiger partial charge in [0.2, 0.25) is 10.0 Å². The van der Waals surface area contributed by atoms with Crippen LogP contribution in [0.1, 0.15) is 26.7 Å². The lowest BCUT2D eigenvalue weighted by Gasteiger charge is -2.30. The summed E-state index contributed by atoms with van der Waals surface area (Å²) in [4.78, 5) is 7.18. The van der Waals surface area contributed by atoms with Crippen molar-refractivity contribution in [2.45, 2.75) is 37.1 Å². The number of aromatic amines is 1. The van der Waals surface area contributed by atoms with Gasteiger partial charge in [-0.2, -0.15) is 0 Å². The van der Waals surface area contributed by atoms with E-state index in [1.54, 1.807) is 18.3 Å². The van der Waals surface area contributed by atoms with Gasteiger partial charge < -0.3 is 10.7 Å². The fourth-order valence-electron chi connectivity index (χ4n) is 2.22. The van der Waals surface area contributed by atoms with E-state index < -0.39 is 15.6 Å². The smallest absolute Gasteiger partial charge is 0.243 e. The minimum absolute atomic E-state index is 0. The van der Waals surface area contributed by atoms with Crippen LogP contribution in [0.25, 0.3) is 11.0 Å². The third-order valence-corrected chi connectivity index (χ3v) is 5.42. The van der Waals surface area contributed by atoms with Gasteiger partial charge in [0.05, 0.1) is 0 Å². The van der Waals surface area contributed by atoms with Gasteiger partial charge in [0.25, 0.3) is 0 Å². The average Bonchev–Trinajstić information content (AvgIpc) is 2.90. The minimum atomic E-state index is -3.64. The quantitative estimate of drug-likeness (QED) is 0.750. The monoisotopic (exact) mass is 332 g/mol. The van der Waals surface area contributed by atoms with Gasteiger partial charge in [-0.15, -0.1) is 12.4 Å². The first-order valence-corrected chi connectivity index (χ1v) is 8.12. The average molecular weight is 333 g/mol. The van der Waals surface area contributed by atoms with Crippen LogP contribution in [0.15, 0.2) is 29.4 Å². The number of aromatic nitrogens is 2. The number of hydrogen-bond donors (Lipinski definition) is 3. The molecule has 0 amide bonds. The zero-order valence-corrected chi connectivity index (χ0v) is 13.7. The van der Waals surface area contributed by atoms with Crippen molar-refractivity contribution >= 4 is 33.5 Å². The molecule has 2 heterocycles. The van der Waals surface area contributed by atoms with E-state index in [1.165, 1.54) is 6.20 Å². The predicted octanol–water partition coefficient (Wildman–Crippen LogP) is 1.78. The molecule has 0 aliphatic carbocycles. The number of rotatable bonds is 6. The van der Waals surface area contributed by atoms with E-state index in [2.05, 4.69) is 14.7 Å². The molecule has 0 radical (unpaired) electrons. The fourth-order valence-corrected chi connectivity index (χ4v) is 3.94. The van der Waals surface area contributed by atoms with Crippen LogP contribution in [0.3, 0.4) is 0 Å². The highest BCUT2D eigenvalue weighted by molar-refractivity contribution is 7.89. The van der Waals surface area contributed by atoms with Gasteiger partial charge in [0.15, 0.2) is 0 Å². The number of nitrogens with two attached hydrogens (primary N) is 1. The van der Waals surface area contributed by atoms with Crippen LogP contribution in [0.4, 0.5) is 0 Å². The van der Waals surface area contributed by atoms with E-state index in [1.807, 2.05) is 13.8 Å². The van der Waals surface area contributed by atoms with E-state index in [4.69, 9.17) is 5.73 Å². The van der Waals surface area contributed by atoms with Gasteiger partial charge in [-0.25, -0.2) is 18.1 Å². The van der Waals surface area contributed by atoms with Crippen molar-refractivity contribution in [2.75, 3.05) is 6.54 Å². The van der Waals surface area contributed by atoms with Gasteiger partial charge in [0.1, 0.15) is 10.5 Å². The molecular formula is C13H21ClN4O2S. The van der Waals surface area contributed by atoms with Crippen LogP contribution < -0.4 is 10.5 Å². The van der Waals surface area contributed by atoms with Crippen molar-refractivity contribution < 1.29 is 8.42 Å². The summed E-state index contributed by atoms with van der Waals surface area (Å²) in [5.41, 5.74) is 5.70. The molecule has 0 bridgehead atoms. The molecule has 6 nitrogen and oxygen atoms in total. The lowest BCUT2D eigenvalue weighted by atomic mass is 9.95. The summed E-state index contributed by atoms with van der Waals surface area (Å²) in [5, 5.41) is 0.582. The lowest BCUT2D eigenvalue weighted by molar-refractivity contribution is 0.363. The van der Waals surface area contributed by atoms with Gasteiger partial charge in [-0.1, -0.05) is 13.8 Å². The van der Waals surface area contributed by atoms with Gasteiger partial charge in [-0.05, 0) is 25.0 Å². The Bertz CT molecular complexity index is 687. The van der Waals surface area contributed by atoms with Crippen LogP contribution in [0.5, 0.6) is 0 Å². The van der Waals surface area contributed by atoms with Crippen molar-refractivity contribution in [2.24, 2.45) is 5.73 Å². The Kier molecular flexibility index (Phi) is 5.75. The minimum Gasteiger partial charge on any atom is -0.345 e. The van der Waals surface area contributed by atoms with Crippen molar-refractivity contribution in [3.63, 3.8) is 0 Å². The largest absolute Gasteiger partial charge is 0.345 e. The Morgan fingerprint density at radius 3 is 2.62 bits per heavy atom. The third-order valence-electron chi connectivity index (χ3n) is 3.80. The Morgan fingerprint density at radius 2 is 2.05 bits per heavy atom. The first-order valence-electron chi connectivity index (χ1n) is 6.64.